The summed E-state index contributed by atoms with van der Waals surface area (Å²) in [6.07, 6.45) is 1.92. The van der Waals surface area contributed by atoms with Crippen LogP contribution in [0.5, 0.6) is 5.75 Å². The summed E-state index contributed by atoms with van der Waals surface area (Å²) in [4.78, 5) is 11.4. The number of rotatable bonds is 5. The third-order valence-electron chi connectivity index (χ3n) is 2.27. The van der Waals surface area contributed by atoms with E-state index in [9.17, 15) is 4.79 Å². The molecule has 106 valence electrons. The van der Waals surface area contributed by atoms with Crippen LogP contribution in [-0.2, 0) is 11.2 Å². The van der Waals surface area contributed by atoms with Gasteiger partial charge in [-0.25, -0.2) is 0 Å². The molecule has 1 atom stereocenters. The van der Waals surface area contributed by atoms with E-state index in [1.165, 1.54) is 6.08 Å². The number of carbonyl (C=O) groups is 1. The number of hydrogen-bond donors (Lipinski definition) is 2. The van der Waals surface area contributed by atoms with E-state index >= 15 is 0 Å². The van der Waals surface area contributed by atoms with Crippen LogP contribution in [0, 0.1) is 5.92 Å². The van der Waals surface area contributed by atoms with E-state index in [1.54, 1.807) is 31.3 Å². The summed E-state index contributed by atoms with van der Waals surface area (Å²) in [6.45, 7) is 9.96. The normalized spacial score (nSPS) is 11.4. The minimum Gasteiger partial charge on any atom is -0.508 e. The Morgan fingerprint density at radius 1 is 1.32 bits per heavy atom. The second kappa shape index (κ2) is 9.34. The van der Waals surface area contributed by atoms with Crippen LogP contribution in [0.4, 0.5) is 0 Å². The molecule has 1 aromatic carbocycles. The molecule has 1 aromatic rings. The SMILES string of the molecule is C=CC(=O)C(Cc1ccc(O)cc1)NC.CC(C)C. The van der Waals surface area contributed by atoms with Crippen molar-refractivity contribution >= 4 is 5.78 Å². The van der Waals surface area contributed by atoms with Crippen LogP contribution in [0.1, 0.15) is 26.3 Å². The summed E-state index contributed by atoms with van der Waals surface area (Å²) < 4.78 is 0. The molecular formula is C16H25NO2. The van der Waals surface area contributed by atoms with Gasteiger partial charge in [-0.15, -0.1) is 0 Å². The molecule has 2 N–H and O–H groups in total. The summed E-state index contributed by atoms with van der Waals surface area (Å²) >= 11 is 0. The molecule has 0 radical (unpaired) electrons. The number of aromatic hydroxyl groups is 1. The molecule has 0 aliphatic rings. The monoisotopic (exact) mass is 263 g/mol. The molecule has 1 rings (SSSR count). The highest BCUT2D eigenvalue weighted by Gasteiger charge is 2.13. The summed E-state index contributed by atoms with van der Waals surface area (Å²) in [5.74, 6) is 1.04. The van der Waals surface area contributed by atoms with Gasteiger partial charge in [0.2, 0.25) is 0 Å². The van der Waals surface area contributed by atoms with Crippen molar-refractivity contribution < 1.29 is 9.90 Å². The van der Waals surface area contributed by atoms with Gasteiger partial charge in [0.15, 0.2) is 5.78 Å². The molecule has 0 heterocycles. The second-order valence-corrected chi connectivity index (χ2v) is 5.05. The molecule has 0 spiro atoms. The van der Waals surface area contributed by atoms with Crippen molar-refractivity contribution in [2.45, 2.75) is 33.2 Å². The first-order valence-corrected chi connectivity index (χ1v) is 6.52. The topological polar surface area (TPSA) is 49.3 Å². The minimum absolute atomic E-state index is 0.0226. The van der Waals surface area contributed by atoms with Crippen molar-refractivity contribution in [3.63, 3.8) is 0 Å². The molecular weight excluding hydrogens is 238 g/mol. The number of hydrogen-bond acceptors (Lipinski definition) is 3. The van der Waals surface area contributed by atoms with Gasteiger partial charge in [-0.2, -0.15) is 0 Å². The van der Waals surface area contributed by atoms with E-state index in [-0.39, 0.29) is 17.6 Å². The van der Waals surface area contributed by atoms with Gasteiger partial charge >= 0.3 is 0 Å². The molecule has 0 aliphatic heterocycles. The summed E-state index contributed by atoms with van der Waals surface area (Å²) in [5, 5.41) is 12.0. The first-order valence-electron chi connectivity index (χ1n) is 6.52. The third-order valence-corrected chi connectivity index (χ3v) is 2.27. The van der Waals surface area contributed by atoms with Crippen molar-refractivity contribution in [2.24, 2.45) is 5.92 Å². The lowest BCUT2D eigenvalue weighted by Crippen LogP contribution is -2.34. The molecule has 0 aliphatic carbocycles. The first-order chi connectivity index (χ1) is 8.90. The van der Waals surface area contributed by atoms with Crippen molar-refractivity contribution in [3.05, 3.63) is 42.5 Å². The van der Waals surface area contributed by atoms with Crippen molar-refractivity contribution in [1.82, 2.24) is 5.32 Å². The Balaban J connectivity index is 0.000000711. The first kappa shape index (κ1) is 17.4. The molecule has 0 aromatic heterocycles. The second-order valence-electron chi connectivity index (χ2n) is 5.05. The van der Waals surface area contributed by atoms with E-state index in [0.29, 0.717) is 6.42 Å². The Labute approximate surface area is 116 Å². The number of carbonyl (C=O) groups excluding carboxylic acids is 1. The molecule has 0 fully saturated rings. The summed E-state index contributed by atoms with van der Waals surface area (Å²) in [6, 6.07) is 6.58. The molecule has 3 heteroatoms. The van der Waals surface area contributed by atoms with Gasteiger partial charge in [-0.1, -0.05) is 39.5 Å². The number of ketones is 1. The molecule has 0 amide bonds. The maximum absolute atomic E-state index is 11.4. The fraction of sp³-hybridized carbons (Fsp3) is 0.438. The van der Waals surface area contributed by atoms with Gasteiger partial charge in [0.1, 0.15) is 5.75 Å². The Morgan fingerprint density at radius 3 is 2.16 bits per heavy atom. The van der Waals surface area contributed by atoms with Gasteiger partial charge in [0, 0.05) is 0 Å². The van der Waals surface area contributed by atoms with E-state index in [4.69, 9.17) is 5.11 Å². The van der Waals surface area contributed by atoms with Gasteiger partial charge in [-0.3, -0.25) is 4.79 Å². The van der Waals surface area contributed by atoms with Crippen LogP contribution >= 0.6 is 0 Å². The Morgan fingerprint density at radius 2 is 1.79 bits per heavy atom. The number of benzene rings is 1. The van der Waals surface area contributed by atoms with Gasteiger partial charge in [0.25, 0.3) is 0 Å². The Bertz CT molecular complexity index is 379. The highest BCUT2D eigenvalue weighted by Crippen LogP contribution is 2.11. The van der Waals surface area contributed by atoms with E-state index < -0.39 is 0 Å². The van der Waals surface area contributed by atoms with Crippen LogP contribution in [0.3, 0.4) is 0 Å². The van der Waals surface area contributed by atoms with Crippen LogP contribution in [0.15, 0.2) is 36.9 Å². The average Bonchev–Trinajstić information content (AvgIpc) is 2.36. The van der Waals surface area contributed by atoms with Crippen LogP contribution in [0.2, 0.25) is 0 Å². The van der Waals surface area contributed by atoms with E-state index in [0.717, 1.165) is 11.5 Å². The van der Waals surface area contributed by atoms with E-state index in [2.05, 4.69) is 32.7 Å². The zero-order valence-electron chi connectivity index (χ0n) is 12.3. The highest BCUT2D eigenvalue weighted by atomic mass is 16.3. The summed E-state index contributed by atoms with van der Waals surface area (Å²) in [5.41, 5.74) is 1.00. The Kier molecular flexibility index (Phi) is 8.55. The molecule has 0 saturated carbocycles. The van der Waals surface area contributed by atoms with Crippen molar-refractivity contribution in [2.75, 3.05) is 7.05 Å². The van der Waals surface area contributed by atoms with Crippen molar-refractivity contribution in [1.29, 1.82) is 0 Å². The highest BCUT2D eigenvalue weighted by molar-refractivity contribution is 5.93. The molecule has 0 saturated heterocycles. The third kappa shape index (κ3) is 8.16. The number of nitrogens with one attached hydrogen (secondary N) is 1. The molecule has 3 nitrogen and oxygen atoms in total. The van der Waals surface area contributed by atoms with E-state index in [1.807, 2.05) is 0 Å². The maximum Gasteiger partial charge on any atom is 0.172 e. The number of phenols is 1. The minimum atomic E-state index is -0.243. The quantitative estimate of drug-likeness (QED) is 0.803. The largest absolute Gasteiger partial charge is 0.508 e. The molecule has 1 unspecified atom stereocenters. The predicted molar refractivity (Wildman–Crippen MR) is 80.4 cm³/mol. The Hall–Kier alpha value is -1.61. The van der Waals surface area contributed by atoms with Crippen LogP contribution in [-0.4, -0.2) is 24.0 Å². The molecule has 19 heavy (non-hydrogen) atoms. The smallest absolute Gasteiger partial charge is 0.172 e. The fourth-order valence-electron chi connectivity index (χ4n) is 1.35. The lowest BCUT2D eigenvalue weighted by atomic mass is 10.0. The van der Waals surface area contributed by atoms with Gasteiger partial charge in [0.05, 0.1) is 6.04 Å². The number of phenolic OH excluding ortho intramolecular Hbond substituents is 1. The fourth-order valence-corrected chi connectivity index (χ4v) is 1.35. The van der Waals surface area contributed by atoms with Crippen molar-refractivity contribution in [3.8, 4) is 5.75 Å². The number of likely N-dealkylation sites (N-methyl/N-ethyl adjacent to an activating group) is 1. The summed E-state index contributed by atoms with van der Waals surface area (Å²) in [7, 11) is 1.74. The zero-order valence-corrected chi connectivity index (χ0v) is 12.3. The van der Waals surface area contributed by atoms with Gasteiger partial charge in [-0.05, 0) is 43.2 Å². The van der Waals surface area contributed by atoms with Crippen LogP contribution < -0.4 is 5.32 Å². The zero-order chi connectivity index (χ0) is 14.8. The standard InChI is InChI=1S/C12H15NO2.C4H10/c1-3-12(15)11(13-2)8-9-4-6-10(14)7-5-9;1-4(2)3/h3-7,11,13-14H,1,8H2,2H3;4H,1-3H3. The average molecular weight is 263 g/mol. The molecule has 0 bridgehead atoms. The lowest BCUT2D eigenvalue weighted by Gasteiger charge is -2.12. The lowest BCUT2D eigenvalue weighted by molar-refractivity contribution is -0.116. The van der Waals surface area contributed by atoms with Crippen LogP contribution in [0.25, 0.3) is 0 Å². The maximum atomic E-state index is 11.4. The van der Waals surface area contributed by atoms with Gasteiger partial charge < -0.3 is 10.4 Å². The predicted octanol–water partition coefficient (Wildman–Crippen LogP) is 2.94.